The first-order valence-electron chi connectivity index (χ1n) is 8.78. The Kier molecular flexibility index (Phi) is 7.78. The minimum Gasteiger partial charge on any atom is -0.497 e. The topological polar surface area (TPSA) is 56.8 Å². The van der Waals surface area contributed by atoms with Crippen LogP contribution in [0.25, 0.3) is 0 Å². The Hall–Kier alpha value is -1.73. The average molecular weight is 515 g/mol. The van der Waals surface area contributed by atoms with Crippen LogP contribution in [0.5, 0.6) is 11.5 Å². The van der Waals surface area contributed by atoms with Gasteiger partial charge >= 0.3 is 6.09 Å². The van der Waals surface area contributed by atoms with Crippen molar-refractivity contribution in [3.63, 3.8) is 0 Å². The molecule has 0 bridgehead atoms. The van der Waals surface area contributed by atoms with E-state index in [0.29, 0.717) is 6.54 Å². The molecule has 2 aromatic rings. The number of halogens is 2. The Morgan fingerprint density at radius 3 is 2.00 bits per heavy atom. The third-order valence-corrected chi connectivity index (χ3v) is 5.32. The lowest BCUT2D eigenvalue weighted by Gasteiger charge is -2.24. The molecule has 0 aliphatic heterocycles. The van der Waals surface area contributed by atoms with Crippen LogP contribution in [-0.4, -0.2) is 32.5 Å². The van der Waals surface area contributed by atoms with Crippen LogP contribution in [0, 0.1) is 0 Å². The molecule has 0 aliphatic rings. The molecule has 152 valence electrons. The molecule has 2 rings (SSSR count). The van der Waals surface area contributed by atoms with Crippen LogP contribution >= 0.6 is 31.9 Å². The number of alkyl carbamates (subject to hydrolysis) is 1. The summed E-state index contributed by atoms with van der Waals surface area (Å²) in [6, 6.07) is 11.6. The molecule has 5 nitrogen and oxygen atoms in total. The highest BCUT2D eigenvalue weighted by Gasteiger charge is 2.23. The van der Waals surface area contributed by atoms with Crippen molar-refractivity contribution in [3.8, 4) is 11.5 Å². The Labute approximate surface area is 183 Å². The van der Waals surface area contributed by atoms with E-state index >= 15 is 0 Å². The van der Waals surface area contributed by atoms with Crippen molar-refractivity contribution in [2.45, 2.75) is 32.3 Å². The highest BCUT2D eigenvalue weighted by molar-refractivity contribution is 9.11. The third-order valence-electron chi connectivity index (χ3n) is 4.00. The molecular weight excluding hydrogens is 490 g/mol. The van der Waals surface area contributed by atoms with Crippen molar-refractivity contribution in [1.29, 1.82) is 0 Å². The van der Waals surface area contributed by atoms with E-state index in [1.807, 2.05) is 57.2 Å². The van der Waals surface area contributed by atoms with Crippen LogP contribution in [0.3, 0.4) is 0 Å². The number of ether oxygens (including phenoxy) is 3. The number of carbonyl (C=O) groups excluding carboxylic acids is 1. The lowest BCUT2D eigenvalue weighted by Crippen LogP contribution is -2.35. The van der Waals surface area contributed by atoms with Crippen LogP contribution in [0.4, 0.5) is 4.79 Å². The monoisotopic (exact) mass is 513 g/mol. The fourth-order valence-electron chi connectivity index (χ4n) is 2.73. The van der Waals surface area contributed by atoms with Gasteiger partial charge in [-0.25, -0.2) is 4.79 Å². The van der Waals surface area contributed by atoms with Crippen molar-refractivity contribution in [1.82, 2.24) is 5.32 Å². The number of amides is 1. The second kappa shape index (κ2) is 9.65. The van der Waals surface area contributed by atoms with Crippen molar-refractivity contribution in [3.05, 3.63) is 56.5 Å². The maximum absolute atomic E-state index is 12.2. The standard InChI is InChI=1S/C21H25Br2NO4/c1-21(2,3)28-20(25)24-12-16(13-6-8-14(26-4)9-7-13)19-17(22)10-15(27-5)11-18(19)23/h6-11,16H,12H2,1-5H3,(H,24,25). The molecule has 0 aromatic heterocycles. The molecule has 0 fully saturated rings. The quantitative estimate of drug-likeness (QED) is 0.522. The highest BCUT2D eigenvalue weighted by atomic mass is 79.9. The van der Waals surface area contributed by atoms with Crippen molar-refractivity contribution >= 4 is 38.0 Å². The SMILES string of the molecule is COc1ccc(C(CNC(=O)OC(C)(C)C)c2c(Br)cc(OC)cc2Br)cc1. The van der Waals surface area contributed by atoms with E-state index < -0.39 is 11.7 Å². The van der Waals surface area contributed by atoms with Gasteiger partial charge in [-0.15, -0.1) is 0 Å². The Morgan fingerprint density at radius 1 is 1.00 bits per heavy atom. The third kappa shape index (κ3) is 6.14. The van der Waals surface area contributed by atoms with Gasteiger partial charge < -0.3 is 19.5 Å². The molecule has 0 radical (unpaired) electrons. The number of hydrogen-bond acceptors (Lipinski definition) is 4. The summed E-state index contributed by atoms with van der Waals surface area (Å²) in [4.78, 5) is 12.2. The maximum atomic E-state index is 12.2. The van der Waals surface area contributed by atoms with E-state index in [-0.39, 0.29) is 5.92 Å². The summed E-state index contributed by atoms with van der Waals surface area (Å²) in [5.41, 5.74) is 1.48. The lowest BCUT2D eigenvalue weighted by molar-refractivity contribution is 0.0526. The highest BCUT2D eigenvalue weighted by Crippen LogP contribution is 2.39. The van der Waals surface area contributed by atoms with Gasteiger partial charge in [0.1, 0.15) is 17.1 Å². The van der Waals surface area contributed by atoms with Gasteiger partial charge in [0.15, 0.2) is 0 Å². The second-order valence-corrected chi connectivity index (χ2v) is 8.92. The Balaban J connectivity index is 2.37. The van der Waals surface area contributed by atoms with Crippen molar-refractivity contribution in [2.75, 3.05) is 20.8 Å². The van der Waals surface area contributed by atoms with E-state index in [1.165, 1.54) is 0 Å². The Morgan fingerprint density at radius 2 is 1.54 bits per heavy atom. The first kappa shape index (κ1) is 22.6. The molecule has 0 aliphatic carbocycles. The minimum atomic E-state index is -0.555. The van der Waals surface area contributed by atoms with Gasteiger partial charge in [-0.1, -0.05) is 44.0 Å². The average Bonchev–Trinajstić information content (AvgIpc) is 2.62. The number of methoxy groups -OCH3 is 2. The van der Waals surface area contributed by atoms with E-state index in [9.17, 15) is 4.79 Å². The van der Waals surface area contributed by atoms with Gasteiger partial charge in [0.25, 0.3) is 0 Å². The van der Waals surface area contributed by atoms with E-state index in [0.717, 1.165) is 31.6 Å². The predicted molar refractivity (Wildman–Crippen MR) is 117 cm³/mol. The molecule has 1 amide bonds. The normalized spacial score (nSPS) is 12.2. The zero-order valence-corrected chi connectivity index (χ0v) is 19.8. The van der Waals surface area contributed by atoms with Gasteiger partial charge in [-0.05, 0) is 56.2 Å². The molecule has 0 saturated heterocycles. The van der Waals surface area contributed by atoms with Gasteiger partial charge in [0.2, 0.25) is 0 Å². The van der Waals surface area contributed by atoms with Crippen molar-refractivity contribution in [2.24, 2.45) is 0 Å². The first-order valence-corrected chi connectivity index (χ1v) is 10.4. The molecule has 0 spiro atoms. The van der Waals surface area contributed by atoms with Gasteiger partial charge in [-0.2, -0.15) is 0 Å². The van der Waals surface area contributed by atoms with Crippen molar-refractivity contribution < 1.29 is 19.0 Å². The molecule has 0 heterocycles. The van der Waals surface area contributed by atoms with Crippen LogP contribution in [-0.2, 0) is 4.74 Å². The maximum Gasteiger partial charge on any atom is 0.407 e. The zero-order chi connectivity index (χ0) is 20.9. The molecule has 7 heteroatoms. The van der Waals surface area contributed by atoms with Crippen LogP contribution < -0.4 is 14.8 Å². The van der Waals surface area contributed by atoms with Gasteiger partial charge in [0, 0.05) is 21.4 Å². The largest absolute Gasteiger partial charge is 0.497 e. The van der Waals surface area contributed by atoms with E-state index in [4.69, 9.17) is 14.2 Å². The molecule has 1 unspecified atom stereocenters. The molecule has 28 heavy (non-hydrogen) atoms. The number of nitrogens with one attached hydrogen (secondary N) is 1. The summed E-state index contributed by atoms with van der Waals surface area (Å²) in [5, 5.41) is 2.88. The summed E-state index contributed by atoms with van der Waals surface area (Å²) < 4.78 is 17.7. The van der Waals surface area contributed by atoms with Gasteiger partial charge in [-0.3, -0.25) is 0 Å². The summed E-state index contributed by atoms with van der Waals surface area (Å²) in [5.74, 6) is 1.39. The molecule has 1 N–H and O–H groups in total. The zero-order valence-electron chi connectivity index (χ0n) is 16.6. The molecule has 2 aromatic carbocycles. The summed E-state index contributed by atoms with van der Waals surface area (Å²) >= 11 is 7.28. The van der Waals surface area contributed by atoms with Crippen LogP contribution in [0.1, 0.15) is 37.8 Å². The number of carbonyl (C=O) groups is 1. The van der Waals surface area contributed by atoms with Gasteiger partial charge in [0.05, 0.1) is 14.2 Å². The fraction of sp³-hybridized carbons (Fsp3) is 0.381. The fourth-order valence-corrected chi connectivity index (χ4v) is 4.43. The number of hydrogen-bond donors (Lipinski definition) is 1. The molecular formula is C21H25Br2NO4. The summed E-state index contributed by atoms with van der Waals surface area (Å²) in [7, 11) is 3.26. The molecule has 0 saturated carbocycles. The smallest absolute Gasteiger partial charge is 0.407 e. The van der Waals surface area contributed by atoms with E-state index in [2.05, 4.69) is 37.2 Å². The summed E-state index contributed by atoms with van der Waals surface area (Å²) in [6.45, 7) is 5.88. The summed E-state index contributed by atoms with van der Waals surface area (Å²) in [6.07, 6.45) is -0.452. The minimum absolute atomic E-state index is 0.118. The molecule has 1 atom stereocenters. The van der Waals surface area contributed by atoms with Crippen LogP contribution in [0.2, 0.25) is 0 Å². The lowest BCUT2D eigenvalue weighted by atomic mass is 9.91. The van der Waals surface area contributed by atoms with Crippen LogP contribution in [0.15, 0.2) is 45.3 Å². The predicted octanol–water partition coefficient (Wildman–Crippen LogP) is 5.89. The first-order chi connectivity index (χ1) is 13.1. The Bertz CT molecular complexity index is 793. The number of benzene rings is 2. The van der Waals surface area contributed by atoms with E-state index in [1.54, 1.807) is 14.2 Å². The number of rotatable bonds is 6. The second-order valence-electron chi connectivity index (χ2n) is 7.21.